The van der Waals surface area contributed by atoms with Crippen LogP contribution in [0.4, 0.5) is 0 Å². The summed E-state index contributed by atoms with van der Waals surface area (Å²) in [6.45, 7) is 0.0320. The number of benzene rings is 3. The van der Waals surface area contributed by atoms with Crippen molar-refractivity contribution in [2.45, 2.75) is 75.1 Å². The molecule has 0 aromatic heterocycles. The Bertz CT molecular complexity index is 1180. The topological polar surface area (TPSA) is 136 Å². The van der Waals surface area contributed by atoms with Crippen molar-refractivity contribution in [2.75, 3.05) is 13.2 Å². The van der Waals surface area contributed by atoms with Gasteiger partial charge in [0.1, 0.15) is 42.7 Å². The minimum Gasteiger partial charge on any atom is -0.394 e. The number of rotatable bonds is 13. The number of hydrogen-bond acceptors (Lipinski definition) is 10. The van der Waals surface area contributed by atoms with E-state index in [4.69, 9.17) is 28.4 Å². The third-order valence-corrected chi connectivity index (χ3v) is 7.39. The van der Waals surface area contributed by atoms with Gasteiger partial charge in [-0.2, -0.15) is 0 Å². The van der Waals surface area contributed by atoms with E-state index in [-0.39, 0.29) is 26.4 Å². The minimum atomic E-state index is -1.38. The summed E-state index contributed by atoms with van der Waals surface area (Å²) in [5.74, 6) is 0. The van der Waals surface area contributed by atoms with Crippen LogP contribution in [0.3, 0.4) is 0 Å². The van der Waals surface area contributed by atoms with Crippen molar-refractivity contribution < 1.29 is 48.8 Å². The van der Waals surface area contributed by atoms with Crippen molar-refractivity contribution in [3.63, 3.8) is 0 Å². The van der Waals surface area contributed by atoms with Gasteiger partial charge < -0.3 is 48.8 Å². The van der Waals surface area contributed by atoms with Gasteiger partial charge in [0.15, 0.2) is 12.6 Å². The largest absolute Gasteiger partial charge is 0.394 e. The van der Waals surface area contributed by atoms with Crippen molar-refractivity contribution in [3.05, 3.63) is 108 Å². The fourth-order valence-electron chi connectivity index (χ4n) is 5.09. The highest BCUT2D eigenvalue weighted by atomic mass is 16.7. The number of ether oxygens (including phenoxy) is 6. The van der Waals surface area contributed by atoms with Crippen LogP contribution in [0.2, 0.25) is 0 Å². The molecule has 4 N–H and O–H groups in total. The molecule has 0 amide bonds. The lowest BCUT2D eigenvalue weighted by atomic mass is 9.98. The molecular formula is C32H38O10. The minimum absolute atomic E-state index is 0.167. The second kappa shape index (κ2) is 15.1. The SMILES string of the molecule is OC[C@H]1O[C@H](OC[C@H]2O[C@H](O)[C@@H](OCc3ccccc3)[C@@H](OCc3ccccc3)[C@@H]2OCc2ccccc2)[C@@H](O)[C@@H]1O. The van der Waals surface area contributed by atoms with E-state index in [1.54, 1.807) is 0 Å². The van der Waals surface area contributed by atoms with Gasteiger partial charge in [0, 0.05) is 0 Å². The standard InChI is InChI=1S/C32H38O10/c33-16-24-26(34)27(35)32(42-24)40-20-25-28(37-17-21-10-4-1-5-11-21)29(38-18-22-12-6-2-7-13-22)30(31(36)41-25)39-19-23-14-8-3-9-15-23/h1-15,24-36H,16-20H2/t24-,25-,26-,27+,28-,29+,30+,31+,32+/m1/s1. The van der Waals surface area contributed by atoms with E-state index < -0.39 is 61.9 Å². The van der Waals surface area contributed by atoms with E-state index in [2.05, 4.69) is 0 Å². The van der Waals surface area contributed by atoms with Gasteiger partial charge in [-0.1, -0.05) is 91.0 Å². The molecule has 0 spiro atoms. The summed E-state index contributed by atoms with van der Waals surface area (Å²) in [6.07, 6.45) is -9.55. The molecule has 0 radical (unpaired) electrons. The van der Waals surface area contributed by atoms with Crippen molar-refractivity contribution in [2.24, 2.45) is 0 Å². The van der Waals surface area contributed by atoms with Crippen LogP contribution in [-0.4, -0.2) is 88.9 Å². The number of aliphatic hydroxyl groups excluding tert-OH is 4. The van der Waals surface area contributed by atoms with Gasteiger partial charge in [0.25, 0.3) is 0 Å². The first-order valence-corrected chi connectivity index (χ1v) is 14.1. The third kappa shape index (κ3) is 7.80. The summed E-state index contributed by atoms with van der Waals surface area (Å²) in [4.78, 5) is 0. The van der Waals surface area contributed by atoms with Crippen molar-refractivity contribution in [1.29, 1.82) is 0 Å². The van der Waals surface area contributed by atoms with Crippen molar-refractivity contribution in [1.82, 2.24) is 0 Å². The Labute approximate surface area is 245 Å². The Morgan fingerprint density at radius 3 is 1.48 bits per heavy atom. The Balaban J connectivity index is 1.37. The van der Waals surface area contributed by atoms with Gasteiger partial charge in [0.05, 0.1) is 33.0 Å². The van der Waals surface area contributed by atoms with Crippen LogP contribution in [0, 0.1) is 0 Å². The van der Waals surface area contributed by atoms with Gasteiger partial charge in [-0.25, -0.2) is 0 Å². The molecule has 10 heteroatoms. The molecule has 2 aliphatic rings. The Hall–Kier alpha value is -2.74. The maximum absolute atomic E-state index is 11.2. The quantitative estimate of drug-likeness (QED) is 0.237. The average molecular weight is 583 g/mol. The molecule has 0 bridgehead atoms. The lowest BCUT2D eigenvalue weighted by Gasteiger charge is -2.44. The zero-order valence-electron chi connectivity index (χ0n) is 23.1. The molecule has 10 nitrogen and oxygen atoms in total. The van der Waals surface area contributed by atoms with Gasteiger partial charge in [-0.3, -0.25) is 0 Å². The average Bonchev–Trinajstić information content (AvgIpc) is 3.31. The highest BCUT2D eigenvalue weighted by Gasteiger charge is 2.49. The van der Waals surface area contributed by atoms with E-state index in [0.29, 0.717) is 0 Å². The maximum atomic E-state index is 11.2. The van der Waals surface area contributed by atoms with Crippen LogP contribution >= 0.6 is 0 Å². The molecule has 9 atom stereocenters. The first-order chi connectivity index (χ1) is 20.5. The number of hydrogen-bond donors (Lipinski definition) is 4. The molecule has 226 valence electrons. The van der Waals surface area contributed by atoms with Crippen molar-refractivity contribution >= 4 is 0 Å². The normalized spacial score (nSPS) is 31.3. The molecule has 5 rings (SSSR count). The highest BCUT2D eigenvalue weighted by Crippen LogP contribution is 2.31. The van der Waals surface area contributed by atoms with Crippen LogP contribution in [0.5, 0.6) is 0 Å². The maximum Gasteiger partial charge on any atom is 0.186 e. The van der Waals surface area contributed by atoms with Crippen LogP contribution < -0.4 is 0 Å². The summed E-state index contributed by atoms with van der Waals surface area (Å²) in [6, 6.07) is 28.9. The molecule has 2 saturated heterocycles. The molecule has 42 heavy (non-hydrogen) atoms. The zero-order chi connectivity index (χ0) is 29.3. The van der Waals surface area contributed by atoms with Crippen LogP contribution in [0.25, 0.3) is 0 Å². The molecule has 3 aromatic carbocycles. The van der Waals surface area contributed by atoms with Gasteiger partial charge in [0.2, 0.25) is 0 Å². The molecule has 2 aliphatic heterocycles. The second-order valence-corrected chi connectivity index (χ2v) is 10.4. The molecule has 2 heterocycles. The monoisotopic (exact) mass is 582 g/mol. The van der Waals surface area contributed by atoms with Gasteiger partial charge >= 0.3 is 0 Å². The van der Waals surface area contributed by atoms with E-state index in [1.165, 1.54) is 0 Å². The summed E-state index contributed by atoms with van der Waals surface area (Å²) in [5.41, 5.74) is 2.78. The first kappa shape index (κ1) is 30.7. The highest BCUT2D eigenvalue weighted by molar-refractivity contribution is 5.15. The molecule has 3 aromatic rings. The van der Waals surface area contributed by atoms with Crippen LogP contribution in [-0.2, 0) is 48.2 Å². The number of aliphatic hydroxyl groups is 4. The zero-order valence-corrected chi connectivity index (χ0v) is 23.1. The summed E-state index contributed by atoms with van der Waals surface area (Å²) in [5, 5.41) is 41.1. The molecule has 0 unspecified atom stereocenters. The molecule has 2 fully saturated rings. The Kier molecular flexibility index (Phi) is 11.1. The fraction of sp³-hybridized carbons (Fsp3) is 0.438. The van der Waals surface area contributed by atoms with E-state index in [0.717, 1.165) is 16.7 Å². The van der Waals surface area contributed by atoms with E-state index in [1.807, 2.05) is 91.0 Å². The molecular weight excluding hydrogens is 544 g/mol. The summed E-state index contributed by atoms with van der Waals surface area (Å²) in [7, 11) is 0. The predicted octanol–water partition coefficient (Wildman–Crippen LogP) is 1.92. The van der Waals surface area contributed by atoms with Gasteiger partial charge in [-0.15, -0.1) is 0 Å². The second-order valence-electron chi connectivity index (χ2n) is 10.4. The third-order valence-electron chi connectivity index (χ3n) is 7.39. The lowest BCUT2D eigenvalue weighted by molar-refractivity contribution is -0.323. The fourth-order valence-corrected chi connectivity index (χ4v) is 5.09. The smallest absolute Gasteiger partial charge is 0.186 e. The molecule has 0 saturated carbocycles. The first-order valence-electron chi connectivity index (χ1n) is 14.1. The summed E-state index contributed by atoms with van der Waals surface area (Å²) < 4.78 is 36.3. The molecule has 0 aliphatic carbocycles. The Morgan fingerprint density at radius 1 is 0.524 bits per heavy atom. The van der Waals surface area contributed by atoms with Crippen LogP contribution in [0.1, 0.15) is 16.7 Å². The van der Waals surface area contributed by atoms with Crippen molar-refractivity contribution in [3.8, 4) is 0 Å². The summed E-state index contributed by atoms with van der Waals surface area (Å²) >= 11 is 0. The van der Waals surface area contributed by atoms with Gasteiger partial charge in [-0.05, 0) is 16.7 Å². The van der Waals surface area contributed by atoms with Crippen LogP contribution in [0.15, 0.2) is 91.0 Å². The van der Waals surface area contributed by atoms with E-state index in [9.17, 15) is 20.4 Å². The predicted molar refractivity (Wildman–Crippen MR) is 150 cm³/mol. The lowest BCUT2D eigenvalue weighted by Crippen LogP contribution is -2.61. The Morgan fingerprint density at radius 2 is 1.00 bits per heavy atom. The van der Waals surface area contributed by atoms with E-state index >= 15 is 0 Å².